The van der Waals surface area contributed by atoms with E-state index in [-0.39, 0.29) is 5.91 Å². The van der Waals surface area contributed by atoms with Crippen molar-refractivity contribution in [2.75, 3.05) is 0 Å². The minimum atomic E-state index is -2.61. The van der Waals surface area contributed by atoms with Crippen molar-refractivity contribution in [2.24, 2.45) is 5.73 Å². The molecule has 0 aliphatic carbocycles. The van der Waals surface area contributed by atoms with Gasteiger partial charge in [-0.05, 0) is 18.1 Å². The maximum Gasteiger partial charge on any atom is 0.299 e. The molecule has 2 rings (SSSR count). The number of para-hydroxylation sites is 1. The maximum atomic E-state index is 10.6. The molecule has 98 valence electrons. The average molecular weight is 270 g/mol. The number of aromatic amines is 1. The Balaban J connectivity index is 0.000000357. The van der Waals surface area contributed by atoms with Gasteiger partial charge in [-0.1, -0.05) is 18.2 Å². The SMILES string of the molecule is NC(=O)CCc1c[nH]c2ccccc12.O=S(O)O. The van der Waals surface area contributed by atoms with Crippen LogP contribution >= 0.6 is 0 Å². The summed E-state index contributed by atoms with van der Waals surface area (Å²) >= 11 is -2.61. The van der Waals surface area contributed by atoms with E-state index < -0.39 is 11.4 Å². The summed E-state index contributed by atoms with van der Waals surface area (Å²) < 4.78 is 22.8. The van der Waals surface area contributed by atoms with Crippen molar-refractivity contribution < 1.29 is 18.1 Å². The van der Waals surface area contributed by atoms with E-state index in [1.165, 1.54) is 5.39 Å². The zero-order valence-electron chi connectivity index (χ0n) is 9.50. The average Bonchev–Trinajstić information content (AvgIpc) is 2.69. The minimum Gasteiger partial charge on any atom is -0.370 e. The Kier molecular flexibility index (Phi) is 5.50. The fourth-order valence-electron chi connectivity index (χ4n) is 1.60. The molecule has 1 aromatic carbocycles. The van der Waals surface area contributed by atoms with E-state index in [0.717, 1.165) is 11.1 Å². The Labute approximate surface area is 106 Å². The lowest BCUT2D eigenvalue weighted by Gasteiger charge is -1.95. The van der Waals surface area contributed by atoms with Crippen LogP contribution in [0.15, 0.2) is 30.5 Å². The molecule has 0 saturated carbocycles. The number of carbonyl (C=O) groups is 1. The third-order valence-electron chi connectivity index (χ3n) is 2.32. The van der Waals surface area contributed by atoms with Gasteiger partial charge in [0.2, 0.25) is 5.91 Å². The highest BCUT2D eigenvalue weighted by atomic mass is 32.2. The topological polar surface area (TPSA) is 116 Å². The van der Waals surface area contributed by atoms with Gasteiger partial charge in [-0.25, -0.2) is 0 Å². The van der Waals surface area contributed by atoms with E-state index in [0.29, 0.717) is 12.8 Å². The van der Waals surface area contributed by atoms with Crippen molar-refractivity contribution >= 4 is 28.2 Å². The van der Waals surface area contributed by atoms with Gasteiger partial charge in [0.1, 0.15) is 0 Å². The van der Waals surface area contributed by atoms with Crippen molar-refractivity contribution in [1.82, 2.24) is 4.98 Å². The van der Waals surface area contributed by atoms with E-state index in [1.54, 1.807) is 0 Å². The molecule has 0 unspecified atom stereocenters. The van der Waals surface area contributed by atoms with Crippen LogP contribution in [-0.2, 0) is 22.6 Å². The van der Waals surface area contributed by atoms with Crippen LogP contribution in [0.3, 0.4) is 0 Å². The molecule has 0 bridgehead atoms. The number of primary amides is 1. The van der Waals surface area contributed by atoms with Crippen LogP contribution in [-0.4, -0.2) is 24.2 Å². The number of aryl methyl sites for hydroxylation is 1. The van der Waals surface area contributed by atoms with Gasteiger partial charge in [-0.15, -0.1) is 0 Å². The highest BCUT2D eigenvalue weighted by Crippen LogP contribution is 2.18. The summed E-state index contributed by atoms with van der Waals surface area (Å²) in [6.07, 6.45) is 3.05. The van der Waals surface area contributed by atoms with E-state index in [1.807, 2.05) is 30.5 Å². The van der Waals surface area contributed by atoms with Gasteiger partial charge in [0, 0.05) is 23.5 Å². The van der Waals surface area contributed by atoms with Gasteiger partial charge in [-0.2, -0.15) is 4.21 Å². The molecule has 0 aliphatic rings. The fraction of sp³-hybridized carbons (Fsp3) is 0.182. The summed E-state index contributed by atoms with van der Waals surface area (Å²) in [6.45, 7) is 0. The van der Waals surface area contributed by atoms with Crippen molar-refractivity contribution in [3.63, 3.8) is 0 Å². The van der Waals surface area contributed by atoms with Gasteiger partial charge in [0.05, 0.1) is 0 Å². The van der Waals surface area contributed by atoms with E-state index in [4.69, 9.17) is 19.0 Å². The summed E-state index contributed by atoms with van der Waals surface area (Å²) in [7, 11) is 0. The standard InChI is InChI=1S/C11H12N2O.H2O3S/c12-11(14)6-5-8-7-13-10-4-2-1-3-9(8)10;1-4(2)3/h1-4,7,13H,5-6H2,(H2,12,14);(H2,1,2,3). The molecule has 18 heavy (non-hydrogen) atoms. The number of fused-ring (bicyclic) bond motifs is 1. The predicted molar refractivity (Wildman–Crippen MR) is 69.2 cm³/mol. The number of nitrogens with two attached hydrogens (primary N) is 1. The molecular formula is C11H14N2O4S. The smallest absolute Gasteiger partial charge is 0.299 e. The number of hydrogen-bond donors (Lipinski definition) is 4. The Morgan fingerprint density at radius 3 is 2.56 bits per heavy atom. The van der Waals surface area contributed by atoms with E-state index >= 15 is 0 Å². The van der Waals surface area contributed by atoms with Crippen molar-refractivity contribution in [1.29, 1.82) is 0 Å². The molecular weight excluding hydrogens is 256 g/mol. The summed E-state index contributed by atoms with van der Waals surface area (Å²) in [6, 6.07) is 8.03. The number of nitrogens with one attached hydrogen (secondary N) is 1. The molecule has 7 heteroatoms. The highest BCUT2D eigenvalue weighted by Gasteiger charge is 2.03. The molecule has 0 radical (unpaired) electrons. The van der Waals surface area contributed by atoms with Gasteiger partial charge < -0.3 is 10.7 Å². The molecule has 5 N–H and O–H groups in total. The highest BCUT2D eigenvalue weighted by molar-refractivity contribution is 7.73. The second-order valence-electron chi connectivity index (χ2n) is 3.56. The van der Waals surface area contributed by atoms with Crippen molar-refractivity contribution in [2.45, 2.75) is 12.8 Å². The molecule has 0 atom stereocenters. The van der Waals surface area contributed by atoms with Crippen LogP contribution in [0.2, 0.25) is 0 Å². The molecule has 1 amide bonds. The van der Waals surface area contributed by atoms with Crippen LogP contribution in [0.5, 0.6) is 0 Å². The summed E-state index contributed by atoms with van der Waals surface area (Å²) in [5, 5.41) is 1.17. The van der Waals surface area contributed by atoms with E-state index in [2.05, 4.69) is 4.98 Å². The Bertz CT molecular complexity index is 549. The number of amides is 1. The number of benzene rings is 1. The van der Waals surface area contributed by atoms with Crippen LogP contribution in [0, 0.1) is 0 Å². The normalized spacial score (nSPS) is 10.2. The van der Waals surface area contributed by atoms with Crippen LogP contribution in [0.1, 0.15) is 12.0 Å². The molecule has 0 fully saturated rings. The van der Waals surface area contributed by atoms with Crippen molar-refractivity contribution in [3.8, 4) is 0 Å². The fourth-order valence-corrected chi connectivity index (χ4v) is 1.60. The molecule has 0 spiro atoms. The molecule has 0 aliphatic heterocycles. The lowest BCUT2D eigenvalue weighted by Crippen LogP contribution is -2.10. The second-order valence-corrected chi connectivity index (χ2v) is 4.02. The lowest BCUT2D eigenvalue weighted by molar-refractivity contribution is -0.117. The minimum absolute atomic E-state index is 0.254. The first-order valence-electron chi connectivity index (χ1n) is 5.14. The van der Waals surface area contributed by atoms with Gasteiger partial charge in [-0.3, -0.25) is 13.9 Å². The summed E-state index contributed by atoms with van der Waals surface area (Å²) in [4.78, 5) is 13.8. The number of hydrogen-bond acceptors (Lipinski definition) is 2. The molecule has 1 heterocycles. The number of aromatic nitrogens is 1. The summed E-state index contributed by atoms with van der Waals surface area (Å²) in [5.74, 6) is -0.254. The third kappa shape index (κ3) is 4.66. The van der Waals surface area contributed by atoms with Gasteiger partial charge in [0.15, 0.2) is 0 Å². The molecule has 0 saturated heterocycles. The first-order chi connectivity index (χ1) is 8.50. The summed E-state index contributed by atoms with van der Waals surface area (Å²) in [5.41, 5.74) is 7.36. The largest absolute Gasteiger partial charge is 0.370 e. The molecule has 6 nitrogen and oxygen atoms in total. The van der Waals surface area contributed by atoms with Gasteiger partial charge in [0.25, 0.3) is 11.4 Å². The zero-order chi connectivity index (χ0) is 13.5. The first kappa shape index (κ1) is 14.4. The lowest BCUT2D eigenvalue weighted by atomic mass is 10.1. The monoisotopic (exact) mass is 270 g/mol. The predicted octanol–water partition coefficient (Wildman–Crippen LogP) is 1.27. The molecule has 1 aromatic heterocycles. The Morgan fingerprint density at radius 1 is 1.33 bits per heavy atom. The van der Waals surface area contributed by atoms with Crippen molar-refractivity contribution in [3.05, 3.63) is 36.0 Å². The van der Waals surface area contributed by atoms with Crippen LogP contribution in [0.4, 0.5) is 0 Å². The first-order valence-corrected chi connectivity index (χ1v) is 6.20. The second kappa shape index (κ2) is 6.90. The maximum absolute atomic E-state index is 10.6. The number of H-pyrrole nitrogens is 1. The Hall–Kier alpha value is -1.70. The quantitative estimate of drug-likeness (QED) is 0.628. The zero-order valence-corrected chi connectivity index (χ0v) is 10.3. The third-order valence-corrected chi connectivity index (χ3v) is 2.32. The molecule has 2 aromatic rings. The van der Waals surface area contributed by atoms with E-state index in [9.17, 15) is 4.79 Å². The van der Waals surface area contributed by atoms with Crippen LogP contribution < -0.4 is 5.73 Å². The number of carbonyl (C=O) groups excluding carboxylic acids is 1. The Morgan fingerprint density at radius 2 is 1.94 bits per heavy atom. The van der Waals surface area contributed by atoms with Crippen LogP contribution in [0.25, 0.3) is 10.9 Å². The van der Waals surface area contributed by atoms with Gasteiger partial charge >= 0.3 is 0 Å². The number of rotatable bonds is 3.